The molecule has 5 rings (SSSR count). The number of aromatic nitrogens is 3. The molecule has 1 aromatic carbocycles. The van der Waals surface area contributed by atoms with Gasteiger partial charge in [0, 0.05) is 40.5 Å². The number of H-pyrrole nitrogens is 1. The minimum Gasteiger partial charge on any atom is -0.481 e. The number of fused-ring (bicyclic) bond motifs is 3. The SMILES string of the molecule is COc1cccc(C2=CC(C)(c3cccc(=O)[nH]3)Nc3c2ccc2cccnc32)n1. The number of ether oxygens (including phenoxy) is 1. The van der Waals surface area contributed by atoms with Crippen LogP contribution in [0.4, 0.5) is 5.69 Å². The fourth-order valence-electron chi connectivity index (χ4n) is 3.94. The van der Waals surface area contributed by atoms with Gasteiger partial charge in [-0.3, -0.25) is 9.78 Å². The summed E-state index contributed by atoms with van der Waals surface area (Å²) in [6, 6.07) is 19.0. The van der Waals surface area contributed by atoms with Gasteiger partial charge in [-0.2, -0.15) is 0 Å². The van der Waals surface area contributed by atoms with Crippen LogP contribution >= 0.6 is 0 Å². The van der Waals surface area contributed by atoms with E-state index >= 15 is 0 Å². The summed E-state index contributed by atoms with van der Waals surface area (Å²) in [6.07, 6.45) is 3.88. The quantitative estimate of drug-likeness (QED) is 0.545. The van der Waals surface area contributed by atoms with E-state index in [0.29, 0.717) is 5.88 Å². The lowest BCUT2D eigenvalue weighted by Gasteiger charge is -2.35. The number of hydrogen-bond acceptors (Lipinski definition) is 5. The highest BCUT2D eigenvalue weighted by atomic mass is 16.5. The zero-order valence-corrected chi connectivity index (χ0v) is 16.6. The van der Waals surface area contributed by atoms with Crippen LogP contribution in [-0.4, -0.2) is 22.1 Å². The lowest BCUT2D eigenvalue weighted by atomic mass is 9.84. The molecular formula is C24H20N4O2. The number of methoxy groups -OCH3 is 1. The molecule has 6 nitrogen and oxygen atoms in total. The maximum Gasteiger partial charge on any atom is 0.248 e. The molecule has 0 spiro atoms. The number of benzene rings is 1. The molecule has 2 N–H and O–H groups in total. The zero-order chi connectivity index (χ0) is 20.7. The van der Waals surface area contributed by atoms with Crippen molar-refractivity contribution in [2.45, 2.75) is 12.5 Å². The van der Waals surface area contributed by atoms with Crippen molar-refractivity contribution in [3.05, 3.63) is 100 Å². The van der Waals surface area contributed by atoms with Crippen molar-refractivity contribution in [2.75, 3.05) is 12.4 Å². The van der Waals surface area contributed by atoms with Crippen molar-refractivity contribution in [3.63, 3.8) is 0 Å². The number of anilines is 1. The Hall–Kier alpha value is -3.93. The van der Waals surface area contributed by atoms with Crippen LogP contribution in [0.15, 0.2) is 77.7 Å². The van der Waals surface area contributed by atoms with Crippen molar-refractivity contribution in [2.24, 2.45) is 0 Å². The molecule has 6 heteroatoms. The molecule has 1 unspecified atom stereocenters. The van der Waals surface area contributed by atoms with Crippen molar-refractivity contribution < 1.29 is 4.74 Å². The van der Waals surface area contributed by atoms with Gasteiger partial charge in [-0.1, -0.05) is 30.3 Å². The van der Waals surface area contributed by atoms with Crippen molar-refractivity contribution in [1.29, 1.82) is 0 Å². The number of rotatable bonds is 3. The van der Waals surface area contributed by atoms with Crippen LogP contribution in [0.2, 0.25) is 0 Å². The summed E-state index contributed by atoms with van der Waals surface area (Å²) in [6.45, 7) is 2.03. The van der Waals surface area contributed by atoms with E-state index in [-0.39, 0.29) is 5.56 Å². The fraction of sp³-hybridized carbons (Fsp3) is 0.125. The molecule has 0 fully saturated rings. The topological polar surface area (TPSA) is 79.9 Å². The van der Waals surface area contributed by atoms with E-state index in [1.165, 1.54) is 6.07 Å². The molecule has 3 aromatic heterocycles. The first-order chi connectivity index (χ1) is 14.6. The molecule has 0 aliphatic carbocycles. The molecule has 0 saturated heterocycles. The molecular weight excluding hydrogens is 376 g/mol. The second-order valence-corrected chi connectivity index (χ2v) is 7.44. The first-order valence-corrected chi connectivity index (χ1v) is 9.68. The Morgan fingerprint density at radius 2 is 1.87 bits per heavy atom. The van der Waals surface area contributed by atoms with E-state index in [2.05, 4.69) is 38.5 Å². The number of nitrogens with zero attached hydrogens (tertiary/aromatic N) is 2. The van der Waals surface area contributed by atoms with Gasteiger partial charge >= 0.3 is 0 Å². The normalized spacial score (nSPS) is 17.7. The van der Waals surface area contributed by atoms with Gasteiger partial charge in [-0.15, -0.1) is 0 Å². The third-order valence-corrected chi connectivity index (χ3v) is 5.42. The lowest BCUT2D eigenvalue weighted by molar-refractivity contribution is 0.397. The molecule has 4 aromatic rings. The van der Waals surface area contributed by atoms with Gasteiger partial charge in [0.25, 0.3) is 0 Å². The fourth-order valence-corrected chi connectivity index (χ4v) is 3.94. The van der Waals surface area contributed by atoms with Crippen LogP contribution in [0.3, 0.4) is 0 Å². The molecule has 1 atom stereocenters. The maximum absolute atomic E-state index is 12.0. The van der Waals surface area contributed by atoms with Gasteiger partial charge in [0.2, 0.25) is 11.4 Å². The summed E-state index contributed by atoms with van der Waals surface area (Å²) < 4.78 is 5.34. The van der Waals surface area contributed by atoms with Crippen molar-refractivity contribution in [1.82, 2.24) is 15.0 Å². The summed E-state index contributed by atoms with van der Waals surface area (Å²) in [7, 11) is 1.60. The molecule has 148 valence electrons. The smallest absolute Gasteiger partial charge is 0.248 e. The monoisotopic (exact) mass is 396 g/mol. The van der Waals surface area contributed by atoms with E-state index in [0.717, 1.165) is 39.1 Å². The number of pyridine rings is 3. The maximum atomic E-state index is 12.0. The molecule has 0 bridgehead atoms. The summed E-state index contributed by atoms with van der Waals surface area (Å²) in [5.74, 6) is 0.544. The van der Waals surface area contributed by atoms with Gasteiger partial charge in [0.05, 0.1) is 29.5 Å². The summed E-state index contributed by atoms with van der Waals surface area (Å²) in [5.41, 5.74) is 4.45. The third kappa shape index (κ3) is 2.93. The highest BCUT2D eigenvalue weighted by molar-refractivity contribution is 6.01. The highest BCUT2D eigenvalue weighted by Crippen LogP contribution is 2.43. The minimum atomic E-state index is -0.667. The second-order valence-electron chi connectivity index (χ2n) is 7.44. The molecule has 30 heavy (non-hydrogen) atoms. The first kappa shape index (κ1) is 18.1. The van der Waals surface area contributed by atoms with E-state index in [9.17, 15) is 4.79 Å². The largest absolute Gasteiger partial charge is 0.481 e. The van der Waals surface area contributed by atoms with Crippen LogP contribution in [0.1, 0.15) is 23.9 Å². The molecule has 1 aliphatic heterocycles. The Kier molecular flexibility index (Phi) is 4.13. The zero-order valence-electron chi connectivity index (χ0n) is 16.6. The van der Waals surface area contributed by atoms with E-state index in [1.807, 2.05) is 43.3 Å². The van der Waals surface area contributed by atoms with Crippen LogP contribution in [0.25, 0.3) is 16.5 Å². The Balaban J connectivity index is 1.81. The summed E-state index contributed by atoms with van der Waals surface area (Å²) in [4.78, 5) is 24.3. The first-order valence-electron chi connectivity index (χ1n) is 9.68. The Morgan fingerprint density at radius 1 is 1.00 bits per heavy atom. The Bertz CT molecular complexity index is 1360. The molecule has 1 aliphatic rings. The standard InChI is InChI=1S/C24H20N4O2/c1-24(19-8-4-9-20(29)27-19)14-17(18-7-3-10-21(26-18)30-2)16-12-11-15-6-5-13-25-22(15)23(16)28-24/h3-14,28H,1-2H3,(H,27,29). The van der Waals surface area contributed by atoms with Crippen LogP contribution in [0, 0.1) is 0 Å². The van der Waals surface area contributed by atoms with Crippen LogP contribution in [0.5, 0.6) is 5.88 Å². The predicted molar refractivity (Wildman–Crippen MR) is 118 cm³/mol. The third-order valence-electron chi connectivity index (χ3n) is 5.42. The van der Waals surface area contributed by atoms with Gasteiger partial charge in [-0.05, 0) is 31.2 Å². The van der Waals surface area contributed by atoms with Crippen LogP contribution in [-0.2, 0) is 5.54 Å². The summed E-state index contributed by atoms with van der Waals surface area (Å²) >= 11 is 0. The average Bonchev–Trinajstić information content (AvgIpc) is 2.78. The van der Waals surface area contributed by atoms with Crippen LogP contribution < -0.4 is 15.6 Å². The lowest BCUT2D eigenvalue weighted by Crippen LogP contribution is -2.35. The second kappa shape index (κ2) is 6.84. The van der Waals surface area contributed by atoms with E-state index in [1.54, 1.807) is 19.4 Å². The number of hydrogen-bond donors (Lipinski definition) is 2. The number of aromatic amines is 1. The van der Waals surface area contributed by atoms with Gasteiger partial charge in [-0.25, -0.2) is 4.98 Å². The Morgan fingerprint density at radius 3 is 2.70 bits per heavy atom. The van der Waals surface area contributed by atoms with E-state index in [4.69, 9.17) is 4.74 Å². The minimum absolute atomic E-state index is 0.146. The van der Waals surface area contributed by atoms with Gasteiger partial charge in [0.1, 0.15) is 0 Å². The highest BCUT2D eigenvalue weighted by Gasteiger charge is 2.33. The van der Waals surface area contributed by atoms with Crippen molar-refractivity contribution >= 4 is 22.2 Å². The summed E-state index contributed by atoms with van der Waals surface area (Å²) in [5, 5.41) is 4.65. The van der Waals surface area contributed by atoms with Gasteiger partial charge in [0.15, 0.2) is 0 Å². The molecule has 0 amide bonds. The Labute approximate surface area is 173 Å². The molecule has 4 heterocycles. The van der Waals surface area contributed by atoms with Crippen molar-refractivity contribution in [3.8, 4) is 5.88 Å². The molecule has 0 saturated carbocycles. The predicted octanol–water partition coefficient (Wildman–Crippen LogP) is 4.10. The van der Waals surface area contributed by atoms with Gasteiger partial charge < -0.3 is 15.0 Å². The molecule has 0 radical (unpaired) electrons. The average molecular weight is 396 g/mol. The van der Waals surface area contributed by atoms with E-state index < -0.39 is 5.54 Å². The number of nitrogens with one attached hydrogen (secondary N) is 2.